The molecule has 4 rings (SSSR count). The summed E-state index contributed by atoms with van der Waals surface area (Å²) in [4.78, 5) is 23.4. The molecule has 1 N–H and O–H groups in total. The molecule has 3 aromatic rings. The number of hydrogen-bond acceptors (Lipinski definition) is 4. The van der Waals surface area contributed by atoms with Crippen LogP contribution in [0, 0.1) is 6.92 Å². The van der Waals surface area contributed by atoms with Crippen LogP contribution in [0.3, 0.4) is 0 Å². The maximum Gasteiger partial charge on any atom is 0.235 e. The van der Waals surface area contributed by atoms with E-state index in [1.807, 2.05) is 31.2 Å². The summed E-state index contributed by atoms with van der Waals surface area (Å²) >= 11 is 0. The Hall–Kier alpha value is -2.69. The highest BCUT2D eigenvalue weighted by Crippen LogP contribution is 2.35. The zero-order chi connectivity index (χ0) is 15.3. The van der Waals surface area contributed by atoms with Crippen LogP contribution in [0.25, 0.3) is 21.7 Å². The molecule has 1 atom stereocenters. The highest BCUT2D eigenvalue weighted by Gasteiger charge is 2.32. The summed E-state index contributed by atoms with van der Waals surface area (Å²) in [6.07, 6.45) is 0.795. The van der Waals surface area contributed by atoms with E-state index in [9.17, 15) is 9.59 Å². The minimum Gasteiger partial charge on any atom is -0.356 e. The lowest BCUT2D eigenvalue weighted by atomic mass is 9.91. The van der Waals surface area contributed by atoms with Crippen molar-refractivity contribution in [1.29, 1.82) is 0 Å². The van der Waals surface area contributed by atoms with Gasteiger partial charge >= 0.3 is 0 Å². The standard InChI is InChI=1S/C17H14N2O3/c1-9-2-4-11-10(8-9)3-6-13-15(11)16(19-22-13)12-5-7-14(20)18-17(12)21/h2-4,6,8,12H,5,7H2,1H3,(H,18,20,21)/t12-/m1/s1. The van der Waals surface area contributed by atoms with Crippen molar-refractivity contribution in [1.82, 2.24) is 10.5 Å². The van der Waals surface area contributed by atoms with Gasteiger partial charge in [0.15, 0.2) is 5.58 Å². The van der Waals surface area contributed by atoms with Gasteiger partial charge in [0.25, 0.3) is 0 Å². The minimum absolute atomic E-state index is 0.227. The predicted octanol–water partition coefficient (Wildman–Crippen LogP) is 2.81. The van der Waals surface area contributed by atoms with Crippen molar-refractivity contribution in [2.24, 2.45) is 0 Å². The molecular formula is C17H14N2O3. The lowest BCUT2D eigenvalue weighted by molar-refractivity contribution is -0.134. The largest absolute Gasteiger partial charge is 0.356 e. The molecule has 2 aromatic carbocycles. The molecule has 0 spiro atoms. The molecule has 1 aromatic heterocycles. The molecule has 22 heavy (non-hydrogen) atoms. The summed E-state index contributed by atoms with van der Waals surface area (Å²) in [7, 11) is 0. The number of hydrogen-bond donors (Lipinski definition) is 1. The second-order valence-electron chi connectivity index (χ2n) is 5.73. The van der Waals surface area contributed by atoms with Gasteiger partial charge in [-0.15, -0.1) is 0 Å². The smallest absolute Gasteiger partial charge is 0.235 e. The van der Waals surface area contributed by atoms with Crippen molar-refractivity contribution >= 4 is 33.6 Å². The van der Waals surface area contributed by atoms with E-state index >= 15 is 0 Å². The van der Waals surface area contributed by atoms with Crippen molar-refractivity contribution in [2.45, 2.75) is 25.7 Å². The molecule has 0 radical (unpaired) electrons. The van der Waals surface area contributed by atoms with Crippen LogP contribution in [0.15, 0.2) is 34.9 Å². The van der Waals surface area contributed by atoms with Crippen LogP contribution in [0.2, 0.25) is 0 Å². The van der Waals surface area contributed by atoms with Crippen molar-refractivity contribution in [3.05, 3.63) is 41.6 Å². The number of imide groups is 1. The summed E-state index contributed by atoms with van der Waals surface area (Å²) in [6.45, 7) is 2.04. The Labute approximate surface area is 126 Å². The average molecular weight is 294 g/mol. The molecule has 1 aliphatic heterocycles. The number of aromatic nitrogens is 1. The summed E-state index contributed by atoms with van der Waals surface area (Å²) in [5, 5.41) is 9.47. The van der Waals surface area contributed by atoms with Crippen LogP contribution >= 0.6 is 0 Å². The Morgan fingerprint density at radius 2 is 2.09 bits per heavy atom. The number of fused-ring (bicyclic) bond motifs is 3. The summed E-state index contributed by atoms with van der Waals surface area (Å²) in [5.41, 5.74) is 2.45. The van der Waals surface area contributed by atoms with Crippen molar-refractivity contribution in [2.75, 3.05) is 0 Å². The molecule has 0 unspecified atom stereocenters. The van der Waals surface area contributed by atoms with Crippen LogP contribution in [0.4, 0.5) is 0 Å². The number of rotatable bonds is 1. The van der Waals surface area contributed by atoms with E-state index in [2.05, 4.69) is 16.5 Å². The molecule has 2 amide bonds. The average Bonchev–Trinajstić information content (AvgIpc) is 2.91. The molecule has 0 aliphatic carbocycles. The molecule has 1 fully saturated rings. The van der Waals surface area contributed by atoms with Crippen molar-refractivity contribution in [3.8, 4) is 0 Å². The Kier molecular flexibility index (Phi) is 2.76. The van der Waals surface area contributed by atoms with Gasteiger partial charge in [-0.25, -0.2) is 0 Å². The topological polar surface area (TPSA) is 72.2 Å². The molecule has 1 aliphatic rings. The van der Waals surface area contributed by atoms with Crippen LogP contribution < -0.4 is 5.32 Å². The molecule has 5 heteroatoms. The SMILES string of the molecule is Cc1ccc2c(ccc3onc([C@H]4CCC(=O)NC4=O)c32)c1. The normalized spacial score (nSPS) is 18.9. The number of carbonyl (C=O) groups is 2. The highest BCUT2D eigenvalue weighted by molar-refractivity contribution is 6.10. The summed E-state index contributed by atoms with van der Waals surface area (Å²) in [6, 6.07) is 10.0. The summed E-state index contributed by atoms with van der Waals surface area (Å²) < 4.78 is 5.40. The number of nitrogens with zero attached hydrogens (tertiary/aromatic N) is 1. The van der Waals surface area contributed by atoms with Gasteiger partial charge in [0.2, 0.25) is 11.8 Å². The van der Waals surface area contributed by atoms with Gasteiger partial charge in [-0.05, 0) is 30.2 Å². The molecule has 1 saturated heterocycles. The Bertz CT molecular complexity index is 926. The van der Waals surface area contributed by atoms with E-state index in [1.165, 1.54) is 5.56 Å². The van der Waals surface area contributed by atoms with Gasteiger partial charge in [0, 0.05) is 6.42 Å². The van der Waals surface area contributed by atoms with Crippen molar-refractivity contribution in [3.63, 3.8) is 0 Å². The van der Waals surface area contributed by atoms with Crippen LogP contribution in [-0.4, -0.2) is 17.0 Å². The van der Waals surface area contributed by atoms with Crippen LogP contribution in [-0.2, 0) is 9.59 Å². The highest BCUT2D eigenvalue weighted by atomic mass is 16.5. The quantitative estimate of drug-likeness (QED) is 0.700. The minimum atomic E-state index is -0.439. The van der Waals surface area contributed by atoms with Gasteiger partial charge in [0.05, 0.1) is 11.3 Å². The number of amides is 2. The third-order valence-corrected chi connectivity index (χ3v) is 4.20. The lowest BCUT2D eigenvalue weighted by Crippen LogP contribution is -2.39. The Morgan fingerprint density at radius 3 is 2.91 bits per heavy atom. The third-order valence-electron chi connectivity index (χ3n) is 4.20. The van der Waals surface area contributed by atoms with Crippen molar-refractivity contribution < 1.29 is 14.1 Å². The van der Waals surface area contributed by atoms with Gasteiger partial charge in [-0.2, -0.15) is 0 Å². The number of nitrogens with one attached hydrogen (secondary N) is 1. The van der Waals surface area contributed by atoms with E-state index < -0.39 is 5.92 Å². The fourth-order valence-corrected chi connectivity index (χ4v) is 3.11. The first-order valence-corrected chi connectivity index (χ1v) is 7.26. The number of benzene rings is 2. The Morgan fingerprint density at radius 1 is 1.23 bits per heavy atom. The third kappa shape index (κ3) is 1.89. The van der Waals surface area contributed by atoms with Gasteiger partial charge in [-0.1, -0.05) is 35.0 Å². The van der Waals surface area contributed by atoms with E-state index in [1.54, 1.807) is 0 Å². The fourth-order valence-electron chi connectivity index (χ4n) is 3.11. The number of piperidine rings is 1. The maximum atomic E-state index is 12.1. The molecule has 110 valence electrons. The number of carbonyl (C=O) groups excluding carboxylic acids is 2. The second-order valence-corrected chi connectivity index (χ2v) is 5.73. The van der Waals surface area contributed by atoms with Gasteiger partial charge in [-0.3, -0.25) is 14.9 Å². The molecule has 2 heterocycles. The first-order chi connectivity index (χ1) is 10.6. The van der Waals surface area contributed by atoms with Gasteiger partial charge in [0.1, 0.15) is 5.69 Å². The first kappa shape index (κ1) is 13.0. The molecule has 0 saturated carbocycles. The monoisotopic (exact) mass is 294 g/mol. The van der Waals surface area contributed by atoms with E-state index in [0.717, 1.165) is 16.2 Å². The molecule has 0 bridgehead atoms. The van der Waals surface area contributed by atoms with E-state index in [-0.39, 0.29) is 11.8 Å². The Balaban J connectivity index is 1.95. The molecule has 5 nitrogen and oxygen atoms in total. The van der Waals surface area contributed by atoms with Crippen LogP contribution in [0.1, 0.15) is 30.0 Å². The first-order valence-electron chi connectivity index (χ1n) is 7.26. The second kappa shape index (κ2) is 4.66. The summed E-state index contributed by atoms with van der Waals surface area (Å²) in [5.74, 6) is -0.962. The lowest BCUT2D eigenvalue weighted by Gasteiger charge is -2.19. The predicted molar refractivity (Wildman–Crippen MR) is 81.4 cm³/mol. The van der Waals surface area contributed by atoms with E-state index in [0.29, 0.717) is 24.1 Å². The van der Waals surface area contributed by atoms with E-state index in [4.69, 9.17) is 4.52 Å². The zero-order valence-electron chi connectivity index (χ0n) is 12.1. The van der Waals surface area contributed by atoms with Gasteiger partial charge < -0.3 is 4.52 Å². The fraction of sp³-hybridized carbons (Fsp3) is 0.235. The maximum absolute atomic E-state index is 12.1. The zero-order valence-corrected chi connectivity index (χ0v) is 12.1. The van der Waals surface area contributed by atoms with Crippen LogP contribution in [0.5, 0.6) is 0 Å². The molecular weight excluding hydrogens is 280 g/mol. The number of aryl methyl sites for hydroxylation is 1.